The van der Waals surface area contributed by atoms with Gasteiger partial charge in [0.15, 0.2) is 0 Å². The number of thiophene rings is 1. The summed E-state index contributed by atoms with van der Waals surface area (Å²) in [5.41, 5.74) is 1.61. The van der Waals surface area contributed by atoms with E-state index in [1.165, 1.54) is 28.7 Å². The van der Waals surface area contributed by atoms with E-state index >= 15 is 0 Å². The number of benzene rings is 1. The first-order valence-electron chi connectivity index (χ1n) is 6.13. The van der Waals surface area contributed by atoms with Crippen LogP contribution in [-0.2, 0) is 6.42 Å². The van der Waals surface area contributed by atoms with Gasteiger partial charge in [-0.15, -0.1) is 22.7 Å². The van der Waals surface area contributed by atoms with Crippen molar-refractivity contribution in [2.75, 3.05) is 0 Å². The van der Waals surface area contributed by atoms with E-state index in [9.17, 15) is 9.18 Å². The summed E-state index contributed by atoms with van der Waals surface area (Å²) >= 11 is 2.79. The molecule has 0 saturated carbocycles. The van der Waals surface area contributed by atoms with E-state index in [1.54, 1.807) is 29.6 Å². The predicted octanol–water partition coefficient (Wildman–Crippen LogP) is 4.30. The van der Waals surface area contributed by atoms with Crippen LogP contribution in [0.5, 0.6) is 0 Å². The van der Waals surface area contributed by atoms with Crippen LogP contribution in [-0.4, -0.2) is 16.1 Å². The van der Waals surface area contributed by atoms with Gasteiger partial charge in [0.2, 0.25) is 0 Å². The molecular formula is C15H10FNO2S2. The first-order valence-corrected chi connectivity index (χ1v) is 7.89. The Morgan fingerprint density at radius 1 is 1.24 bits per heavy atom. The van der Waals surface area contributed by atoms with Crippen LogP contribution in [0.25, 0.3) is 10.6 Å². The summed E-state index contributed by atoms with van der Waals surface area (Å²) in [6.45, 7) is 0. The van der Waals surface area contributed by atoms with Crippen molar-refractivity contribution in [2.24, 2.45) is 0 Å². The summed E-state index contributed by atoms with van der Waals surface area (Å²) < 4.78 is 13.6. The number of hydrogen-bond donors (Lipinski definition) is 1. The predicted molar refractivity (Wildman–Crippen MR) is 81.6 cm³/mol. The van der Waals surface area contributed by atoms with E-state index < -0.39 is 5.97 Å². The molecule has 0 aliphatic rings. The first kappa shape index (κ1) is 13.9. The standard InChI is InChI=1S/C15H10FNO2S2/c16-11-4-2-1-3-9(11)6-14-17-12(8-21-14)13-5-10(7-20-13)15(18)19/h1-5,7-8H,6H2,(H,18,19). The van der Waals surface area contributed by atoms with Crippen LogP contribution in [0.1, 0.15) is 20.9 Å². The maximum absolute atomic E-state index is 13.6. The summed E-state index contributed by atoms with van der Waals surface area (Å²) in [4.78, 5) is 16.1. The fourth-order valence-corrected chi connectivity index (χ4v) is 3.63. The Morgan fingerprint density at radius 3 is 2.76 bits per heavy atom. The Morgan fingerprint density at radius 2 is 2.05 bits per heavy atom. The van der Waals surface area contributed by atoms with Crippen molar-refractivity contribution in [1.29, 1.82) is 0 Å². The van der Waals surface area contributed by atoms with Gasteiger partial charge in [-0.1, -0.05) is 18.2 Å². The molecule has 106 valence electrons. The van der Waals surface area contributed by atoms with Gasteiger partial charge in [-0.05, 0) is 17.7 Å². The fourth-order valence-electron chi connectivity index (χ4n) is 1.89. The van der Waals surface area contributed by atoms with Crippen molar-refractivity contribution in [2.45, 2.75) is 6.42 Å². The van der Waals surface area contributed by atoms with E-state index in [0.717, 1.165) is 15.6 Å². The molecule has 6 heteroatoms. The molecule has 0 saturated heterocycles. The van der Waals surface area contributed by atoms with Crippen molar-refractivity contribution in [3.05, 3.63) is 63.0 Å². The normalized spacial score (nSPS) is 10.7. The molecule has 0 fully saturated rings. The third kappa shape index (κ3) is 3.01. The lowest BCUT2D eigenvalue weighted by atomic mass is 10.1. The Hall–Kier alpha value is -2.05. The van der Waals surface area contributed by atoms with Gasteiger partial charge in [0.25, 0.3) is 0 Å². The minimum atomic E-state index is -0.945. The number of rotatable bonds is 4. The highest BCUT2D eigenvalue weighted by atomic mass is 32.1. The van der Waals surface area contributed by atoms with Crippen LogP contribution in [0.3, 0.4) is 0 Å². The molecule has 2 heterocycles. The van der Waals surface area contributed by atoms with Crippen molar-refractivity contribution in [1.82, 2.24) is 4.98 Å². The minimum absolute atomic E-state index is 0.237. The Balaban J connectivity index is 1.83. The number of nitrogens with zero attached hydrogens (tertiary/aromatic N) is 1. The minimum Gasteiger partial charge on any atom is -0.478 e. The quantitative estimate of drug-likeness (QED) is 0.780. The zero-order chi connectivity index (χ0) is 14.8. The lowest BCUT2D eigenvalue weighted by Gasteiger charge is -1.99. The van der Waals surface area contributed by atoms with Gasteiger partial charge in [-0.2, -0.15) is 0 Å². The van der Waals surface area contributed by atoms with Crippen LogP contribution >= 0.6 is 22.7 Å². The molecular weight excluding hydrogens is 309 g/mol. The highest BCUT2D eigenvalue weighted by molar-refractivity contribution is 7.14. The van der Waals surface area contributed by atoms with Crippen molar-refractivity contribution < 1.29 is 14.3 Å². The van der Waals surface area contributed by atoms with E-state index in [2.05, 4.69) is 4.98 Å². The smallest absolute Gasteiger partial charge is 0.336 e. The third-order valence-corrected chi connectivity index (χ3v) is 4.75. The molecule has 0 bridgehead atoms. The maximum Gasteiger partial charge on any atom is 0.336 e. The average Bonchev–Trinajstić information content (AvgIpc) is 3.10. The van der Waals surface area contributed by atoms with E-state index in [1.807, 2.05) is 5.38 Å². The van der Waals surface area contributed by atoms with E-state index in [0.29, 0.717) is 12.0 Å². The van der Waals surface area contributed by atoms with Gasteiger partial charge in [0.05, 0.1) is 21.1 Å². The number of hydrogen-bond acceptors (Lipinski definition) is 4. The third-order valence-electron chi connectivity index (χ3n) is 2.95. The number of carbonyl (C=O) groups is 1. The molecule has 3 rings (SSSR count). The summed E-state index contributed by atoms with van der Waals surface area (Å²) in [7, 11) is 0. The highest BCUT2D eigenvalue weighted by Gasteiger charge is 2.12. The Labute approximate surface area is 128 Å². The average molecular weight is 319 g/mol. The molecule has 3 nitrogen and oxygen atoms in total. The van der Waals surface area contributed by atoms with Gasteiger partial charge >= 0.3 is 5.97 Å². The number of thiazole rings is 1. The number of carboxylic acids is 1. The summed E-state index contributed by atoms with van der Waals surface area (Å²) in [5.74, 6) is -1.18. The highest BCUT2D eigenvalue weighted by Crippen LogP contribution is 2.29. The zero-order valence-electron chi connectivity index (χ0n) is 10.7. The van der Waals surface area contributed by atoms with E-state index in [4.69, 9.17) is 5.11 Å². The molecule has 0 aliphatic heterocycles. The van der Waals surface area contributed by atoms with Crippen LogP contribution in [0.2, 0.25) is 0 Å². The fraction of sp³-hybridized carbons (Fsp3) is 0.0667. The molecule has 0 radical (unpaired) electrons. The van der Waals surface area contributed by atoms with Crippen LogP contribution in [0, 0.1) is 5.82 Å². The topological polar surface area (TPSA) is 50.2 Å². The van der Waals surface area contributed by atoms with Crippen LogP contribution in [0.15, 0.2) is 41.1 Å². The maximum atomic E-state index is 13.6. The number of aromatic carboxylic acids is 1. The van der Waals surface area contributed by atoms with Gasteiger partial charge in [0, 0.05) is 17.2 Å². The number of aromatic nitrogens is 1. The monoisotopic (exact) mass is 319 g/mol. The summed E-state index contributed by atoms with van der Waals surface area (Å²) in [6.07, 6.45) is 0.439. The SMILES string of the molecule is O=C(O)c1csc(-c2csc(Cc3ccccc3F)n2)c1. The molecule has 1 N–H and O–H groups in total. The summed E-state index contributed by atoms with van der Waals surface area (Å²) in [6, 6.07) is 8.23. The molecule has 3 aromatic rings. The van der Waals surface area contributed by atoms with Crippen molar-refractivity contribution in [3.8, 4) is 10.6 Å². The molecule has 21 heavy (non-hydrogen) atoms. The molecule has 0 aliphatic carbocycles. The molecule has 2 aromatic heterocycles. The first-order chi connectivity index (χ1) is 10.1. The summed E-state index contributed by atoms with van der Waals surface area (Å²) in [5, 5.41) is 13.2. The van der Waals surface area contributed by atoms with Crippen molar-refractivity contribution >= 4 is 28.6 Å². The largest absolute Gasteiger partial charge is 0.478 e. The Bertz CT molecular complexity index is 794. The molecule has 1 aromatic carbocycles. The second-order valence-electron chi connectivity index (χ2n) is 4.40. The lowest BCUT2D eigenvalue weighted by Crippen LogP contribution is -1.92. The molecule has 0 spiro atoms. The second kappa shape index (κ2) is 5.75. The lowest BCUT2D eigenvalue weighted by molar-refractivity contribution is 0.0697. The molecule has 0 atom stereocenters. The van der Waals surface area contributed by atoms with Gasteiger partial charge in [-0.25, -0.2) is 14.2 Å². The molecule has 0 unspecified atom stereocenters. The van der Waals surface area contributed by atoms with Crippen LogP contribution in [0.4, 0.5) is 4.39 Å². The number of carboxylic acid groups (broad SMARTS) is 1. The van der Waals surface area contributed by atoms with E-state index in [-0.39, 0.29) is 11.4 Å². The van der Waals surface area contributed by atoms with Gasteiger partial charge < -0.3 is 5.11 Å². The van der Waals surface area contributed by atoms with Crippen LogP contribution < -0.4 is 0 Å². The van der Waals surface area contributed by atoms with Gasteiger partial charge in [-0.3, -0.25) is 0 Å². The van der Waals surface area contributed by atoms with Crippen molar-refractivity contribution in [3.63, 3.8) is 0 Å². The van der Waals surface area contributed by atoms with Gasteiger partial charge in [0.1, 0.15) is 5.82 Å². The zero-order valence-corrected chi connectivity index (χ0v) is 12.4. The Kier molecular flexibility index (Phi) is 3.81. The number of halogens is 1. The second-order valence-corrected chi connectivity index (χ2v) is 6.25. The molecule has 0 amide bonds.